The van der Waals surface area contributed by atoms with Gasteiger partial charge in [-0.15, -0.1) is 0 Å². The van der Waals surface area contributed by atoms with E-state index < -0.39 is 5.97 Å². The molecule has 100 valence electrons. The molecule has 0 fully saturated rings. The second-order valence-corrected chi connectivity index (χ2v) is 3.96. The van der Waals surface area contributed by atoms with E-state index in [1.54, 1.807) is 36.9 Å². The van der Waals surface area contributed by atoms with Gasteiger partial charge < -0.3 is 9.84 Å². The second kappa shape index (κ2) is 5.62. The minimum atomic E-state index is -0.391. The number of ether oxygens (including phenoxy) is 1. The summed E-state index contributed by atoms with van der Waals surface area (Å²) in [7, 11) is 0. The number of carbonyl (C=O) groups is 1. The van der Waals surface area contributed by atoms with Gasteiger partial charge in [0.1, 0.15) is 5.56 Å². The molecule has 0 aromatic carbocycles. The number of aliphatic hydroxyl groups excluding tert-OH is 1. The average Bonchev–Trinajstić information content (AvgIpc) is 2.81. The molecule has 0 saturated heterocycles. The van der Waals surface area contributed by atoms with E-state index in [1.165, 1.54) is 6.20 Å². The number of esters is 1. The fraction of sp³-hybridized carbons (Fsp3) is 0.308. The van der Waals surface area contributed by atoms with Crippen molar-refractivity contribution in [2.24, 2.45) is 0 Å². The summed E-state index contributed by atoms with van der Waals surface area (Å²) < 4.78 is 6.51. The topological polar surface area (TPSA) is 77.2 Å². The van der Waals surface area contributed by atoms with Crippen LogP contribution in [-0.2, 0) is 11.3 Å². The quantitative estimate of drug-likeness (QED) is 0.838. The fourth-order valence-electron chi connectivity index (χ4n) is 1.69. The maximum Gasteiger partial charge on any atom is 0.341 e. The van der Waals surface area contributed by atoms with Crippen molar-refractivity contribution < 1.29 is 14.6 Å². The molecule has 2 aromatic heterocycles. The smallest absolute Gasteiger partial charge is 0.341 e. The molecule has 0 spiro atoms. The summed E-state index contributed by atoms with van der Waals surface area (Å²) >= 11 is 0. The van der Waals surface area contributed by atoms with Crippen molar-refractivity contribution in [3.05, 3.63) is 41.3 Å². The van der Waals surface area contributed by atoms with Gasteiger partial charge in [-0.1, -0.05) is 6.07 Å². The van der Waals surface area contributed by atoms with Crippen LogP contribution in [0.5, 0.6) is 0 Å². The number of aromatic nitrogens is 3. The third-order valence-electron chi connectivity index (χ3n) is 2.71. The van der Waals surface area contributed by atoms with Crippen molar-refractivity contribution in [2.45, 2.75) is 20.5 Å². The maximum absolute atomic E-state index is 11.7. The first-order valence-electron chi connectivity index (χ1n) is 5.95. The molecular weight excluding hydrogens is 246 g/mol. The van der Waals surface area contributed by atoms with E-state index in [0.29, 0.717) is 23.7 Å². The van der Waals surface area contributed by atoms with Gasteiger partial charge in [0.25, 0.3) is 0 Å². The Kier molecular flexibility index (Phi) is 3.91. The van der Waals surface area contributed by atoms with E-state index in [-0.39, 0.29) is 6.61 Å². The van der Waals surface area contributed by atoms with Crippen molar-refractivity contribution in [1.82, 2.24) is 14.8 Å². The van der Waals surface area contributed by atoms with E-state index in [2.05, 4.69) is 10.1 Å². The Bertz CT molecular complexity index is 575. The van der Waals surface area contributed by atoms with Crippen LogP contribution in [0, 0.1) is 6.92 Å². The van der Waals surface area contributed by atoms with Crippen LogP contribution in [0.4, 0.5) is 0 Å². The molecule has 0 unspecified atom stereocenters. The largest absolute Gasteiger partial charge is 0.462 e. The van der Waals surface area contributed by atoms with Gasteiger partial charge in [-0.05, 0) is 25.5 Å². The van der Waals surface area contributed by atoms with Crippen LogP contribution < -0.4 is 0 Å². The van der Waals surface area contributed by atoms with E-state index >= 15 is 0 Å². The number of rotatable bonds is 4. The van der Waals surface area contributed by atoms with Crippen LogP contribution in [0.3, 0.4) is 0 Å². The Morgan fingerprint density at radius 1 is 1.42 bits per heavy atom. The first-order valence-corrected chi connectivity index (χ1v) is 5.95. The third kappa shape index (κ3) is 2.63. The molecule has 0 radical (unpaired) electrons. The van der Waals surface area contributed by atoms with E-state index in [9.17, 15) is 4.79 Å². The van der Waals surface area contributed by atoms with Gasteiger partial charge in [-0.2, -0.15) is 5.10 Å². The van der Waals surface area contributed by atoms with Crippen LogP contribution in [0.25, 0.3) is 5.82 Å². The zero-order valence-electron chi connectivity index (χ0n) is 10.8. The highest BCUT2D eigenvalue weighted by Crippen LogP contribution is 2.13. The van der Waals surface area contributed by atoms with Gasteiger partial charge in [0.2, 0.25) is 0 Å². The molecule has 0 aliphatic rings. The van der Waals surface area contributed by atoms with Crippen LogP contribution in [0.15, 0.2) is 24.5 Å². The lowest BCUT2D eigenvalue weighted by atomic mass is 10.2. The van der Waals surface area contributed by atoms with Gasteiger partial charge in [0, 0.05) is 6.20 Å². The SMILES string of the molecule is CCOC(=O)c1cnn(-c2ccc(CO)cn2)c1C. The van der Waals surface area contributed by atoms with E-state index in [1.807, 2.05) is 0 Å². The Morgan fingerprint density at radius 2 is 2.21 bits per heavy atom. The molecule has 19 heavy (non-hydrogen) atoms. The van der Waals surface area contributed by atoms with Crippen molar-refractivity contribution in [2.75, 3.05) is 6.61 Å². The number of hydrogen-bond acceptors (Lipinski definition) is 5. The normalized spacial score (nSPS) is 10.5. The summed E-state index contributed by atoms with van der Waals surface area (Å²) in [6.45, 7) is 3.81. The summed E-state index contributed by atoms with van der Waals surface area (Å²) in [5.41, 5.74) is 1.82. The van der Waals surface area contributed by atoms with Crippen LogP contribution in [-0.4, -0.2) is 32.4 Å². The molecule has 6 heteroatoms. The van der Waals surface area contributed by atoms with Crippen molar-refractivity contribution in [3.63, 3.8) is 0 Å². The highest BCUT2D eigenvalue weighted by molar-refractivity contribution is 5.90. The van der Waals surface area contributed by atoms with Gasteiger partial charge >= 0.3 is 5.97 Å². The molecule has 1 N–H and O–H groups in total. The predicted octanol–water partition coefficient (Wildman–Crippen LogP) is 1.24. The van der Waals surface area contributed by atoms with Crippen LogP contribution >= 0.6 is 0 Å². The lowest BCUT2D eigenvalue weighted by molar-refractivity contribution is 0.0525. The van der Waals surface area contributed by atoms with Crippen molar-refractivity contribution in [3.8, 4) is 5.82 Å². The lowest BCUT2D eigenvalue weighted by Crippen LogP contribution is -2.07. The molecule has 0 aliphatic carbocycles. The van der Waals surface area contributed by atoms with Crippen LogP contribution in [0.1, 0.15) is 28.5 Å². The molecule has 0 bridgehead atoms. The number of nitrogens with zero attached hydrogens (tertiary/aromatic N) is 3. The average molecular weight is 261 g/mol. The Balaban J connectivity index is 2.32. The Hall–Kier alpha value is -2.21. The summed E-state index contributed by atoms with van der Waals surface area (Å²) in [6.07, 6.45) is 3.04. The van der Waals surface area contributed by atoms with Gasteiger partial charge in [0.15, 0.2) is 5.82 Å². The third-order valence-corrected chi connectivity index (χ3v) is 2.71. The van der Waals surface area contributed by atoms with E-state index in [4.69, 9.17) is 9.84 Å². The predicted molar refractivity (Wildman–Crippen MR) is 68.0 cm³/mol. The van der Waals surface area contributed by atoms with E-state index in [0.717, 1.165) is 5.56 Å². The summed E-state index contributed by atoms with van der Waals surface area (Å²) in [5, 5.41) is 13.1. The molecule has 2 rings (SSSR count). The molecule has 2 aromatic rings. The Morgan fingerprint density at radius 3 is 2.79 bits per heavy atom. The number of pyridine rings is 1. The standard InChI is InChI=1S/C13H15N3O3/c1-3-19-13(18)11-7-15-16(9(11)2)12-5-4-10(8-17)6-14-12/h4-7,17H,3,8H2,1-2H3. The Labute approximate surface area is 110 Å². The molecule has 0 atom stereocenters. The van der Waals surface area contributed by atoms with Crippen molar-refractivity contribution >= 4 is 5.97 Å². The van der Waals surface area contributed by atoms with Gasteiger partial charge in [-0.3, -0.25) is 0 Å². The monoisotopic (exact) mass is 261 g/mol. The first kappa shape index (κ1) is 13.2. The molecule has 2 heterocycles. The molecule has 6 nitrogen and oxygen atoms in total. The summed E-state index contributed by atoms with van der Waals surface area (Å²) in [6, 6.07) is 3.49. The molecule has 0 saturated carbocycles. The minimum Gasteiger partial charge on any atom is -0.462 e. The number of aliphatic hydroxyl groups is 1. The second-order valence-electron chi connectivity index (χ2n) is 3.96. The van der Waals surface area contributed by atoms with Crippen LogP contribution in [0.2, 0.25) is 0 Å². The highest BCUT2D eigenvalue weighted by atomic mass is 16.5. The van der Waals surface area contributed by atoms with Gasteiger partial charge in [0.05, 0.1) is 25.1 Å². The van der Waals surface area contributed by atoms with Gasteiger partial charge in [-0.25, -0.2) is 14.5 Å². The van der Waals surface area contributed by atoms with Crippen molar-refractivity contribution in [1.29, 1.82) is 0 Å². The first-order chi connectivity index (χ1) is 9.17. The fourth-order valence-corrected chi connectivity index (χ4v) is 1.69. The summed E-state index contributed by atoms with van der Waals surface area (Å²) in [4.78, 5) is 15.9. The number of carbonyl (C=O) groups excluding carboxylic acids is 1. The molecular formula is C13H15N3O3. The molecule has 0 aliphatic heterocycles. The highest BCUT2D eigenvalue weighted by Gasteiger charge is 2.16. The maximum atomic E-state index is 11.7. The zero-order valence-corrected chi connectivity index (χ0v) is 10.8. The summed E-state index contributed by atoms with van der Waals surface area (Å²) in [5.74, 6) is 0.198. The number of hydrogen-bond donors (Lipinski definition) is 1. The lowest BCUT2D eigenvalue weighted by Gasteiger charge is -2.05. The zero-order chi connectivity index (χ0) is 13.8. The molecule has 0 amide bonds. The minimum absolute atomic E-state index is 0.0561.